The van der Waals surface area contributed by atoms with E-state index in [-0.39, 0.29) is 5.54 Å². The summed E-state index contributed by atoms with van der Waals surface area (Å²) in [4.78, 5) is 5.54. The smallest absolute Gasteiger partial charge is 0.0880 e. The molecule has 1 saturated carbocycles. The molecule has 33 heavy (non-hydrogen) atoms. The molecule has 0 atom stereocenters. The number of fused-ring (bicyclic) bond motifs is 1. The highest BCUT2D eigenvalue weighted by Gasteiger charge is 2.40. The highest BCUT2D eigenvalue weighted by Crippen LogP contribution is 2.42. The van der Waals surface area contributed by atoms with E-state index in [1.807, 2.05) is 0 Å². The third kappa shape index (κ3) is 5.09. The van der Waals surface area contributed by atoms with E-state index in [9.17, 15) is 0 Å². The van der Waals surface area contributed by atoms with Crippen molar-refractivity contribution in [2.45, 2.75) is 95.1 Å². The quantitative estimate of drug-likeness (QED) is 0.526. The monoisotopic (exact) mass is 445 g/mol. The number of piperidine rings is 1. The van der Waals surface area contributed by atoms with Crippen molar-refractivity contribution in [2.24, 2.45) is 0 Å². The normalized spacial score (nSPS) is 23.2. The van der Waals surface area contributed by atoms with E-state index < -0.39 is 0 Å². The van der Waals surface area contributed by atoms with Crippen molar-refractivity contribution < 1.29 is 0 Å². The van der Waals surface area contributed by atoms with Crippen molar-refractivity contribution in [3.05, 3.63) is 60.2 Å². The lowest BCUT2D eigenvalue weighted by Crippen LogP contribution is -2.53. The minimum atomic E-state index is 0.229. The molecule has 3 aliphatic rings. The van der Waals surface area contributed by atoms with E-state index in [2.05, 4.69) is 69.7 Å². The minimum absolute atomic E-state index is 0.229. The number of hydrogen-bond donors (Lipinski definition) is 1. The molecule has 0 radical (unpaired) electrons. The summed E-state index contributed by atoms with van der Waals surface area (Å²) in [6, 6.07) is 21.1. The summed E-state index contributed by atoms with van der Waals surface area (Å²) in [7, 11) is 0. The second kappa shape index (κ2) is 11.0. The molecule has 2 fully saturated rings. The van der Waals surface area contributed by atoms with Crippen LogP contribution in [0.3, 0.4) is 0 Å². The first-order valence-corrected chi connectivity index (χ1v) is 13.8. The topological polar surface area (TPSA) is 18.5 Å². The summed E-state index contributed by atoms with van der Waals surface area (Å²) in [5.41, 5.74) is 4.51. The maximum atomic E-state index is 3.61. The number of anilines is 2. The summed E-state index contributed by atoms with van der Waals surface area (Å²) in [6.45, 7) is 3.41. The third-order valence-electron chi connectivity index (χ3n) is 8.66. The van der Waals surface area contributed by atoms with Crippen LogP contribution in [-0.2, 0) is 5.54 Å². The van der Waals surface area contributed by atoms with Gasteiger partial charge in [-0.25, -0.2) is 0 Å². The van der Waals surface area contributed by atoms with Gasteiger partial charge in [0.2, 0.25) is 0 Å². The lowest BCUT2D eigenvalue weighted by Gasteiger charge is -2.49. The minimum Gasteiger partial charge on any atom is -0.366 e. The van der Waals surface area contributed by atoms with E-state index in [4.69, 9.17) is 0 Å². The van der Waals surface area contributed by atoms with Crippen LogP contribution < -0.4 is 10.2 Å². The molecular weight excluding hydrogens is 402 g/mol. The number of nitrogens with one attached hydrogen (secondary N) is 1. The molecule has 0 bridgehead atoms. The van der Waals surface area contributed by atoms with Crippen molar-refractivity contribution in [3.8, 4) is 0 Å². The highest BCUT2D eigenvalue weighted by molar-refractivity contribution is 5.74. The van der Waals surface area contributed by atoms with E-state index in [0.29, 0.717) is 6.04 Å². The second-order valence-corrected chi connectivity index (χ2v) is 10.6. The first kappa shape index (κ1) is 22.8. The van der Waals surface area contributed by atoms with Crippen LogP contribution >= 0.6 is 0 Å². The Morgan fingerprint density at radius 3 is 1.91 bits per heavy atom. The fraction of sp³-hybridized carbons (Fsp3) is 0.600. The molecule has 178 valence electrons. The van der Waals surface area contributed by atoms with E-state index in [1.165, 1.54) is 108 Å². The molecule has 0 spiro atoms. The SMILES string of the molecule is c1ccc(C2(N3CCC(N4CNc5ccccc54)CC3)CCCCCCCCCCC2)cc1. The number of likely N-dealkylation sites (tertiary alicyclic amines) is 1. The van der Waals surface area contributed by atoms with Gasteiger partial charge < -0.3 is 10.2 Å². The number of hydrogen-bond acceptors (Lipinski definition) is 3. The third-order valence-corrected chi connectivity index (χ3v) is 8.66. The molecule has 0 unspecified atom stereocenters. The second-order valence-electron chi connectivity index (χ2n) is 10.6. The standard InChI is InChI=1S/C30H43N3/c1-2-4-6-13-21-30(22-14-7-5-3-1,26-15-9-8-10-16-26)32-23-19-27(20-24-32)33-25-31-28-17-11-12-18-29(28)33/h8-12,15-18,27,31H,1-7,13-14,19-25H2. The van der Waals surface area contributed by atoms with E-state index >= 15 is 0 Å². The number of rotatable bonds is 3. The Hall–Kier alpha value is -2.00. The number of nitrogens with zero attached hydrogens (tertiary/aromatic N) is 2. The first-order chi connectivity index (χ1) is 16.4. The largest absolute Gasteiger partial charge is 0.366 e. The lowest BCUT2D eigenvalue weighted by atomic mass is 9.77. The molecule has 3 heteroatoms. The molecular formula is C30H43N3. The maximum absolute atomic E-state index is 3.61. The molecule has 5 rings (SSSR count). The molecule has 2 aliphatic heterocycles. The average molecular weight is 446 g/mol. The Morgan fingerprint density at radius 1 is 0.667 bits per heavy atom. The van der Waals surface area contributed by atoms with Gasteiger partial charge in [-0.3, -0.25) is 4.90 Å². The van der Waals surface area contributed by atoms with Crippen LogP contribution in [0, 0.1) is 0 Å². The van der Waals surface area contributed by atoms with Gasteiger partial charge in [-0.1, -0.05) is 100 Å². The van der Waals surface area contributed by atoms with E-state index in [0.717, 1.165) is 6.67 Å². The van der Waals surface area contributed by atoms with Crippen LogP contribution in [0.2, 0.25) is 0 Å². The average Bonchev–Trinajstić information content (AvgIpc) is 3.30. The number of para-hydroxylation sites is 2. The Labute approximate surface area is 201 Å². The Balaban J connectivity index is 1.34. The van der Waals surface area contributed by atoms with Crippen molar-refractivity contribution in [3.63, 3.8) is 0 Å². The summed E-state index contributed by atoms with van der Waals surface area (Å²) in [6.07, 6.45) is 17.9. The lowest BCUT2D eigenvalue weighted by molar-refractivity contribution is 0.0369. The maximum Gasteiger partial charge on any atom is 0.0880 e. The van der Waals surface area contributed by atoms with Crippen LogP contribution in [0.25, 0.3) is 0 Å². The molecule has 2 aromatic carbocycles. The van der Waals surface area contributed by atoms with Gasteiger partial charge in [0.15, 0.2) is 0 Å². The van der Waals surface area contributed by atoms with Gasteiger partial charge in [0.25, 0.3) is 0 Å². The highest BCUT2D eigenvalue weighted by atomic mass is 15.3. The number of benzene rings is 2. The molecule has 1 aliphatic carbocycles. The molecule has 0 aromatic heterocycles. The predicted molar refractivity (Wildman–Crippen MR) is 141 cm³/mol. The molecule has 3 nitrogen and oxygen atoms in total. The van der Waals surface area contributed by atoms with Gasteiger partial charge in [0.05, 0.1) is 18.0 Å². The van der Waals surface area contributed by atoms with Crippen molar-refractivity contribution in [1.29, 1.82) is 0 Å². The van der Waals surface area contributed by atoms with Crippen LogP contribution in [0.15, 0.2) is 54.6 Å². The molecule has 1 N–H and O–H groups in total. The molecule has 0 amide bonds. The zero-order chi connectivity index (χ0) is 22.3. The van der Waals surface area contributed by atoms with Gasteiger partial charge in [-0.15, -0.1) is 0 Å². The van der Waals surface area contributed by atoms with Crippen LogP contribution in [-0.4, -0.2) is 30.7 Å². The Kier molecular flexibility index (Phi) is 7.56. The van der Waals surface area contributed by atoms with Crippen LogP contribution in [0.5, 0.6) is 0 Å². The molecule has 2 heterocycles. The van der Waals surface area contributed by atoms with Gasteiger partial charge in [-0.05, 0) is 43.4 Å². The first-order valence-electron chi connectivity index (χ1n) is 13.8. The Bertz CT molecular complexity index is 844. The van der Waals surface area contributed by atoms with E-state index in [1.54, 1.807) is 5.56 Å². The van der Waals surface area contributed by atoms with Crippen molar-refractivity contribution in [2.75, 3.05) is 30.0 Å². The summed E-state index contributed by atoms with van der Waals surface area (Å²) in [5, 5.41) is 3.61. The zero-order valence-electron chi connectivity index (χ0n) is 20.5. The van der Waals surface area contributed by atoms with Gasteiger partial charge in [0.1, 0.15) is 0 Å². The summed E-state index contributed by atoms with van der Waals surface area (Å²) < 4.78 is 0. The van der Waals surface area contributed by atoms with Crippen molar-refractivity contribution in [1.82, 2.24) is 4.90 Å². The summed E-state index contributed by atoms with van der Waals surface area (Å²) in [5.74, 6) is 0. The summed E-state index contributed by atoms with van der Waals surface area (Å²) >= 11 is 0. The fourth-order valence-electron chi connectivity index (χ4n) is 6.79. The van der Waals surface area contributed by atoms with Crippen LogP contribution in [0.4, 0.5) is 11.4 Å². The zero-order valence-corrected chi connectivity index (χ0v) is 20.5. The fourth-order valence-corrected chi connectivity index (χ4v) is 6.79. The molecule has 1 saturated heterocycles. The van der Waals surface area contributed by atoms with Crippen molar-refractivity contribution >= 4 is 11.4 Å². The Morgan fingerprint density at radius 2 is 1.24 bits per heavy atom. The van der Waals surface area contributed by atoms with Gasteiger partial charge in [0, 0.05) is 24.7 Å². The predicted octanol–water partition coefficient (Wildman–Crippen LogP) is 7.54. The van der Waals surface area contributed by atoms with Gasteiger partial charge in [-0.2, -0.15) is 0 Å². The molecule has 2 aromatic rings. The van der Waals surface area contributed by atoms with Crippen LogP contribution in [0.1, 0.15) is 89.0 Å². The van der Waals surface area contributed by atoms with Gasteiger partial charge >= 0.3 is 0 Å².